The van der Waals surface area contributed by atoms with Crippen molar-refractivity contribution >= 4 is 15.9 Å². The third-order valence-corrected chi connectivity index (χ3v) is 7.90. The van der Waals surface area contributed by atoms with Crippen LogP contribution in [0.3, 0.4) is 0 Å². The minimum Gasteiger partial charge on any atom is -0.487 e. The van der Waals surface area contributed by atoms with Gasteiger partial charge in [0.1, 0.15) is 16.7 Å². The second-order valence-electron chi connectivity index (χ2n) is 9.25. The molecular formula is C26H33N3O5S. The van der Waals surface area contributed by atoms with Gasteiger partial charge in [-0.25, -0.2) is 8.42 Å². The van der Waals surface area contributed by atoms with Crippen LogP contribution in [0.2, 0.25) is 0 Å². The highest BCUT2D eigenvalue weighted by Crippen LogP contribution is 2.34. The molecule has 0 bridgehead atoms. The second kappa shape index (κ2) is 11.2. The molecule has 0 saturated carbocycles. The Balaban J connectivity index is 2.02. The lowest BCUT2D eigenvalue weighted by molar-refractivity contribution is 0.0563. The van der Waals surface area contributed by atoms with Gasteiger partial charge in [0.15, 0.2) is 0 Å². The van der Waals surface area contributed by atoms with E-state index in [9.17, 15) is 18.3 Å². The lowest BCUT2D eigenvalue weighted by atomic mass is 10.0. The Bertz CT molecular complexity index is 1200. The largest absolute Gasteiger partial charge is 0.487 e. The zero-order valence-electron chi connectivity index (χ0n) is 20.8. The summed E-state index contributed by atoms with van der Waals surface area (Å²) >= 11 is 0. The maximum atomic E-state index is 13.5. The molecule has 8 nitrogen and oxygen atoms in total. The molecule has 1 aliphatic heterocycles. The van der Waals surface area contributed by atoms with Gasteiger partial charge in [-0.15, -0.1) is 0 Å². The van der Waals surface area contributed by atoms with Crippen LogP contribution < -0.4 is 4.74 Å². The van der Waals surface area contributed by atoms with Crippen molar-refractivity contribution in [3.05, 3.63) is 53.9 Å². The van der Waals surface area contributed by atoms with E-state index < -0.39 is 22.2 Å². The first-order valence-corrected chi connectivity index (χ1v) is 13.1. The first kappa shape index (κ1) is 26.7. The fourth-order valence-electron chi connectivity index (χ4n) is 3.81. The van der Waals surface area contributed by atoms with Crippen molar-refractivity contribution in [3.63, 3.8) is 0 Å². The third-order valence-electron chi connectivity index (χ3n) is 5.88. The van der Waals surface area contributed by atoms with Crippen LogP contribution in [0.4, 0.5) is 0 Å². The molecule has 1 N–H and O–H groups in total. The van der Waals surface area contributed by atoms with Crippen molar-refractivity contribution in [2.75, 3.05) is 26.7 Å². The lowest BCUT2D eigenvalue weighted by Gasteiger charge is -2.37. The number of sulfonamides is 1. The topological polar surface area (TPSA) is 100 Å². The van der Waals surface area contributed by atoms with Gasteiger partial charge in [-0.05, 0) is 37.3 Å². The van der Waals surface area contributed by atoms with E-state index in [1.807, 2.05) is 20.8 Å². The Kier molecular flexibility index (Phi) is 8.54. The van der Waals surface area contributed by atoms with E-state index in [1.165, 1.54) is 16.6 Å². The molecule has 1 aliphatic rings. The van der Waals surface area contributed by atoms with Gasteiger partial charge >= 0.3 is 0 Å². The van der Waals surface area contributed by atoms with E-state index in [1.54, 1.807) is 49.3 Å². The van der Waals surface area contributed by atoms with E-state index in [-0.39, 0.29) is 48.1 Å². The van der Waals surface area contributed by atoms with Gasteiger partial charge in [-0.2, -0.15) is 4.31 Å². The molecule has 0 radical (unpaired) electrons. The Hall–Kier alpha value is -2.93. The Morgan fingerprint density at radius 2 is 2.06 bits per heavy atom. The summed E-state index contributed by atoms with van der Waals surface area (Å²) in [6.07, 6.45) is 2.61. The quantitative estimate of drug-likeness (QED) is 0.635. The summed E-state index contributed by atoms with van der Waals surface area (Å²) in [5.74, 6) is 6.00. The van der Waals surface area contributed by atoms with Crippen molar-refractivity contribution in [2.24, 2.45) is 11.8 Å². The molecule has 1 amide bonds. The fraction of sp³-hybridized carbons (Fsp3) is 0.462. The van der Waals surface area contributed by atoms with Crippen LogP contribution in [-0.2, 0) is 10.0 Å². The van der Waals surface area contributed by atoms with Crippen molar-refractivity contribution in [1.82, 2.24) is 14.2 Å². The molecular weight excluding hydrogens is 466 g/mol. The highest BCUT2D eigenvalue weighted by Gasteiger charge is 2.38. The van der Waals surface area contributed by atoms with Crippen molar-refractivity contribution in [2.45, 2.75) is 44.7 Å². The minimum absolute atomic E-state index is 0.0195. The average Bonchev–Trinajstić information content (AvgIpc) is 2.84. The van der Waals surface area contributed by atoms with E-state index >= 15 is 0 Å². The zero-order chi connectivity index (χ0) is 25.8. The molecule has 9 heteroatoms. The van der Waals surface area contributed by atoms with Gasteiger partial charge in [0.2, 0.25) is 10.0 Å². The fourth-order valence-corrected chi connectivity index (χ4v) is 5.64. The lowest BCUT2D eigenvalue weighted by Crippen LogP contribution is -2.50. The molecule has 0 fully saturated rings. The smallest absolute Gasteiger partial charge is 0.255 e. The number of hydrogen-bond acceptors (Lipinski definition) is 6. The van der Waals surface area contributed by atoms with Crippen LogP contribution >= 0.6 is 0 Å². The molecule has 1 aromatic carbocycles. The summed E-state index contributed by atoms with van der Waals surface area (Å²) in [5, 5.41) is 9.78. The number of benzene rings is 1. The first-order chi connectivity index (χ1) is 16.5. The van der Waals surface area contributed by atoms with Crippen molar-refractivity contribution < 1.29 is 23.1 Å². The molecule has 3 atom stereocenters. The summed E-state index contributed by atoms with van der Waals surface area (Å²) in [7, 11) is -2.25. The molecule has 0 aliphatic carbocycles. The summed E-state index contributed by atoms with van der Waals surface area (Å²) < 4.78 is 34.7. The van der Waals surface area contributed by atoms with Gasteiger partial charge in [-0.1, -0.05) is 32.6 Å². The molecule has 0 spiro atoms. The van der Waals surface area contributed by atoms with Crippen LogP contribution in [0.25, 0.3) is 0 Å². The highest BCUT2D eigenvalue weighted by molar-refractivity contribution is 7.89. The number of aliphatic hydroxyl groups is 1. The summed E-state index contributed by atoms with van der Waals surface area (Å²) in [4.78, 5) is 18.5. The number of carbonyl (C=O) groups is 1. The maximum absolute atomic E-state index is 13.5. The van der Waals surface area contributed by atoms with Gasteiger partial charge in [0, 0.05) is 49.4 Å². The van der Waals surface area contributed by atoms with Crippen LogP contribution in [0.5, 0.6) is 5.75 Å². The summed E-state index contributed by atoms with van der Waals surface area (Å²) in [6, 6.07) is 7.58. The predicted octanol–water partition coefficient (Wildman–Crippen LogP) is 2.63. The Morgan fingerprint density at radius 3 is 2.69 bits per heavy atom. The number of pyridine rings is 1. The number of nitrogens with zero attached hydrogens (tertiary/aromatic N) is 3. The molecule has 0 unspecified atom stereocenters. The van der Waals surface area contributed by atoms with E-state index in [0.717, 1.165) is 0 Å². The standard InChI is InChI=1S/C26H33N3O5S/c1-18(2)8-9-21-10-11-25-23(13-21)34-24(16-28(5)26(31)22-7-6-12-27-14-22)19(3)15-29(20(4)17-30)35(25,32)33/h6-7,10-14,18-20,24,30H,15-17H2,1-5H3/t19-,20+,24+/m0/s1. The highest BCUT2D eigenvalue weighted by atomic mass is 32.2. The van der Waals surface area contributed by atoms with Gasteiger partial charge in [-0.3, -0.25) is 9.78 Å². The number of amides is 1. The number of aliphatic hydroxyl groups excluding tert-OH is 1. The first-order valence-electron chi connectivity index (χ1n) is 11.6. The molecule has 0 saturated heterocycles. The number of hydrogen-bond donors (Lipinski definition) is 1. The summed E-state index contributed by atoms with van der Waals surface area (Å²) in [6.45, 7) is 7.56. The van der Waals surface area contributed by atoms with Gasteiger partial charge in [0.05, 0.1) is 18.7 Å². The molecule has 1 aromatic heterocycles. The third kappa shape index (κ3) is 6.20. The predicted molar refractivity (Wildman–Crippen MR) is 133 cm³/mol. The number of aromatic nitrogens is 1. The van der Waals surface area contributed by atoms with Gasteiger partial charge in [0.25, 0.3) is 5.91 Å². The Morgan fingerprint density at radius 1 is 1.31 bits per heavy atom. The van der Waals surface area contributed by atoms with E-state index in [2.05, 4.69) is 16.8 Å². The zero-order valence-corrected chi connectivity index (χ0v) is 21.6. The van der Waals surface area contributed by atoms with Gasteiger partial charge < -0.3 is 14.7 Å². The molecule has 35 heavy (non-hydrogen) atoms. The number of likely N-dealkylation sites (N-methyl/N-ethyl adjacent to an activating group) is 1. The molecule has 2 heterocycles. The van der Waals surface area contributed by atoms with Crippen LogP contribution in [0, 0.1) is 23.7 Å². The Labute approximate surface area is 208 Å². The number of carbonyl (C=O) groups excluding carboxylic acids is 1. The van der Waals surface area contributed by atoms with E-state index in [4.69, 9.17) is 4.74 Å². The normalized spacial score (nSPS) is 20.4. The average molecular weight is 500 g/mol. The summed E-state index contributed by atoms with van der Waals surface area (Å²) in [5.41, 5.74) is 1.10. The second-order valence-corrected chi connectivity index (χ2v) is 11.1. The minimum atomic E-state index is -3.93. The van der Waals surface area contributed by atoms with Crippen LogP contribution in [0.15, 0.2) is 47.6 Å². The molecule has 2 aromatic rings. The molecule has 188 valence electrons. The van der Waals surface area contributed by atoms with Crippen molar-refractivity contribution in [3.8, 4) is 17.6 Å². The SMILES string of the molecule is CC(C)C#Cc1ccc2c(c1)O[C@H](CN(C)C(=O)c1cccnc1)[C@@H](C)CN([C@H](C)CO)S2(=O)=O. The number of ether oxygens (including phenoxy) is 1. The maximum Gasteiger partial charge on any atom is 0.255 e. The number of fused-ring (bicyclic) bond motifs is 1. The van der Waals surface area contributed by atoms with E-state index in [0.29, 0.717) is 11.1 Å². The van der Waals surface area contributed by atoms with Crippen LogP contribution in [-0.4, -0.2) is 72.5 Å². The molecule has 3 rings (SSSR count). The van der Waals surface area contributed by atoms with Crippen LogP contribution in [0.1, 0.15) is 43.6 Å². The van der Waals surface area contributed by atoms with Crippen molar-refractivity contribution in [1.29, 1.82) is 0 Å². The monoisotopic (exact) mass is 499 g/mol. The number of rotatable bonds is 5.